The minimum Gasteiger partial charge on any atom is -0.330 e. The van der Waals surface area contributed by atoms with E-state index in [4.69, 9.17) is 12.2 Å². The number of H-pyrrole nitrogens is 2. The van der Waals surface area contributed by atoms with Gasteiger partial charge in [-0.2, -0.15) is 0 Å². The van der Waals surface area contributed by atoms with Crippen molar-refractivity contribution in [1.29, 1.82) is 0 Å². The lowest BCUT2D eigenvalue weighted by molar-refractivity contribution is 0.789. The monoisotopic (exact) mass is 277 g/mol. The van der Waals surface area contributed by atoms with Gasteiger partial charge in [0.2, 0.25) is 0 Å². The number of nitrogens with one attached hydrogen (secondary N) is 2. The second-order valence-corrected chi connectivity index (χ2v) is 5.39. The predicted molar refractivity (Wildman–Crippen MR) is 75.9 cm³/mol. The standard InChI is InChI=1S/C12H11N3OS2/c1-7-3-2-4-9-10(7)14-11(17)15(9)5-8-6-18-12(16)13-8/h2-4,6H,5H2,1H3,(H,13,16)(H,14,17). The topological polar surface area (TPSA) is 53.6 Å². The van der Waals surface area contributed by atoms with Crippen molar-refractivity contribution in [2.24, 2.45) is 0 Å². The molecule has 0 atom stereocenters. The van der Waals surface area contributed by atoms with Gasteiger partial charge in [-0.25, -0.2) is 0 Å². The largest absolute Gasteiger partial charge is 0.330 e. The van der Waals surface area contributed by atoms with Crippen molar-refractivity contribution in [2.45, 2.75) is 13.5 Å². The van der Waals surface area contributed by atoms with Gasteiger partial charge in [0.05, 0.1) is 17.6 Å². The maximum atomic E-state index is 11.1. The molecule has 2 heterocycles. The fourth-order valence-electron chi connectivity index (χ4n) is 2.04. The van der Waals surface area contributed by atoms with Gasteiger partial charge in [0, 0.05) is 11.1 Å². The Morgan fingerprint density at radius 3 is 2.94 bits per heavy atom. The van der Waals surface area contributed by atoms with E-state index in [1.54, 1.807) is 0 Å². The third-order valence-electron chi connectivity index (χ3n) is 2.92. The summed E-state index contributed by atoms with van der Waals surface area (Å²) >= 11 is 6.51. The molecular formula is C12H11N3OS2. The summed E-state index contributed by atoms with van der Waals surface area (Å²) in [5, 5.41) is 1.83. The fraction of sp³-hybridized carbons (Fsp3) is 0.167. The van der Waals surface area contributed by atoms with Crippen LogP contribution < -0.4 is 4.87 Å². The molecule has 0 aliphatic heterocycles. The molecule has 1 aromatic carbocycles. The second kappa shape index (κ2) is 4.22. The summed E-state index contributed by atoms with van der Waals surface area (Å²) in [5.41, 5.74) is 4.16. The average Bonchev–Trinajstić information content (AvgIpc) is 2.87. The molecule has 18 heavy (non-hydrogen) atoms. The summed E-state index contributed by atoms with van der Waals surface area (Å²) in [7, 11) is 0. The lowest BCUT2D eigenvalue weighted by Gasteiger charge is -2.02. The van der Waals surface area contributed by atoms with Crippen LogP contribution in [0, 0.1) is 11.7 Å². The average molecular weight is 277 g/mol. The summed E-state index contributed by atoms with van der Waals surface area (Å²) in [4.78, 5) is 17.1. The first-order valence-electron chi connectivity index (χ1n) is 5.50. The number of hydrogen-bond acceptors (Lipinski definition) is 3. The first-order valence-corrected chi connectivity index (χ1v) is 6.79. The lowest BCUT2D eigenvalue weighted by Crippen LogP contribution is -2.02. The third kappa shape index (κ3) is 1.83. The Balaban J connectivity index is 2.17. The van der Waals surface area contributed by atoms with Gasteiger partial charge in [-0.05, 0) is 30.8 Å². The maximum absolute atomic E-state index is 11.1. The number of hydrogen-bond donors (Lipinski definition) is 2. The number of thiazole rings is 1. The molecule has 0 amide bonds. The molecule has 2 N–H and O–H groups in total. The van der Waals surface area contributed by atoms with Gasteiger partial charge < -0.3 is 14.5 Å². The number of para-hydroxylation sites is 1. The van der Waals surface area contributed by atoms with Crippen molar-refractivity contribution in [3.8, 4) is 0 Å². The van der Waals surface area contributed by atoms with Crippen LogP contribution in [0.15, 0.2) is 28.4 Å². The van der Waals surface area contributed by atoms with E-state index >= 15 is 0 Å². The molecule has 0 aliphatic rings. The summed E-state index contributed by atoms with van der Waals surface area (Å²) in [6.07, 6.45) is 0. The molecule has 92 valence electrons. The van der Waals surface area contributed by atoms with E-state index in [2.05, 4.69) is 9.97 Å². The SMILES string of the molecule is Cc1cccc2c1[nH]c(=S)n2Cc1csc(=O)[nH]1. The van der Waals surface area contributed by atoms with Gasteiger partial charge in [0.25, 0.3) is 0 Å². The number of nitrogens with zero attached hydrogens (tertiary/aromatic N) is 1. The molecule has 0 radical (unpaired) electrons. The Morgan fingerprint density at radius 2 is 2.22 bits per heavy atom. The Kier molecular flexibility index (Phi) is 2.68. The van der Waals surface area contributed by atoms with E-state index in [1.807, 2.05) is 35.1 Å². The van der Waals surface area contributed by atoms with E-state index in [-0.39, 0.29) is 4.87 Å². The van der Waals surface area contributed by atoms with E-state index in [9.17, 15) is 4.79 Å². The Labute approximate surface area is 112 Å². The predicted octanol–water partition coefficient (Wildman–Crippen LogP) is 2.81. The van der Waals surface area contributed by atoms with Gasteiger partial charge in [-0.3, -0.25) is 4.79 Å². The summed E-state index contributed by atoms with van der Waals surface area (Å²) in [6.45, 7) is 2.63. The highest BCUT2D eigenvalue weighted by Crippen LogP contribution is 2.18. The Bertz CT molecular complexity index is 822. The summed E-state index contributed by atoms with van der Waals surface area (Å²) in [5.74, 6) is 0. The summed E-state index contributed by atoms with van der Waals surface area (Å²) < 4.78 is 2.67. The van der Waals surface area contributed by atoms with Crippen molar-refractivity contribution in [2.75, 3.05) is 0 Å². The van der Waals surface area contributed by atoms with Crippen LogP contribution in [-0.4, -0.2) is 14.5 Å². The molecule has 0 aliphatic carbocycles. The highest BCUT2D eigenvalue weighted by atomic mass is 32.1. The zero-order valence-electron chi connectivity index (χ0n) is 9.69. The number of aromatic nitrogens is 3. The molecule has 0 spiro atoms. The Hall–Kier alpha value is -1.66. The minimum atomic E-state index is -0.0347. The van der Waals surface area contributed by atoms with Crippen molar-refractivity contribution < 1.29 is 0 Å². The van der Waals surface area contributed by atoms with E-state index in [0.29, 0.717) is 11.3 Å². The van der Waals surface area contributed by atoms with Crippen LogP contribution in [0.1, 0.15) is 11.3 Å². The van der Waals surface area contributed by atoms with Crippen LogP contribution in [0.3, 0.4) is 0 Å². The van der Waals surface area contributed by atoms with Crippen LogP contribution >= 0.6 is 23.6 Å². The van der Waals surface area contributed by atoms with Gasteiger partial charge in [0.15, 0.2) is 4.77 Å². The molecule has 3 aromatic rings. The number of aryl methyl sites for hydroxylation is 1. The zero-order valence-corrected chi connectivity index (χ0v) is 11.3. The number of rotatable bonds is 2. The van der Waals surface area contributed by atoms with E-state index < -0.39 is 0 Å². The fourth-order valence-corrected chi connectivity index (χ4v) is 2.88. The van der Waals surface area contributed by atoms with Crippen LogP contribution in [-0.2, 0) is 6.54 Å². The summed E-state index contributed by atoms with van der Waals surface area (Å²) in [6, 6.07) is 6.08. The number of fused-ring (bicyclic) bond motifs is 1. The molecule has 2 aromatic heterocycles. The molecule has 3 rings (SSSR count). The minimum absolute atomic E-state index is 0.0347. The molecule has 0 bridgehead atoms. The normalized spacial score (nSPS) is 11.2. The van der Waals surface area contributed by atoms with Gasteiger partial charge in [-0.1, -0.05) is 23.5 Å². The smallest absolute Gasteiger partial charge is 0.304 e. The molecular weight excluding hydrogens is 266 g/mol. The molecule has 0 fully saturated rings. The van der Waals surface area contributed by atoms with Crippen LogP contribution in [0.25, 0.3) is 11.0 Å². The first-order chi connectivity index (χ1) is 8.65. The quantitative estimate of drug-likeness (QED) is 0.708. The first kappa shape index (κ1) is 11.4. The number of imidazole rings is 1. The van der Waals surface area contributed by atoms with Crippen LogP contribution in [0.5, 0.6) is 0 Å². The number of benzene rings is 1. The van der Waals surface area contributed by atoms with E-state index in [0.717, 1.165) is 22.3 Å². The molecule has 0 saturated heterocycles. The van der Waals surface area contributed by atoms with Crippen LogP contribution in [0.2, 0.25) is 0 Å². The second-order valence-electron chi connectivity index (χ2n) is 4.16. The lowest BCUT2D eigenvalue weighted by atomic mass is 10.2. The van der Waals surface area contributed by atoms with Crippen molar-refractivity contribution in [3.63, 3.8) is 0 Å². The van der Waals surface area contributed by atoms with E-state index in [1.165, 1.54) is 11.3 Å². The molecule has 0 saturated carbocycles. The maximum Gasteiger partial charge on any atom is 0.304 e. The highest BCUT2D eigenvalue weighted by molar-refractivity contribution is 7.71. The molecule has 4 nitrogen and oxygen atoms in total. The number of aromatic amines is 2. The van der Waals surface area contributed by atoms with Gasteiger partial charge in [0.1, 0.15) is 0 Å². The molecule has 6 heteroatoms. The van der Waals surface area contributed by atoms with Crippen molar-refractivity contribution in [1.82, 2.24) is 14.5 Å². The molecule has 0 unspecified atom stereocenters. The third-order valence-corrected chi connectivity index (χ3v) is 3.96. The Morgan fingerprint density at radius 1 is 1.39 bits per heavy atom. The highest BCUT2D eigenvalue weighted by Gasteiger charge is 2.07. The van der Waals surface area contributed by atoms with Gasteiger partial charge >= 0.3 is 4.87 Å². The van der Waals surface area contributed by atoms with Crippen molar-refractivity contribution >= 4 is 34.6 Å². The van der Waals surface area contributed by atoms with Crippen LogP contribution in [0.4, 0.5) is 0 Å². The van der Waals surface area contributed by atoms with Gasteiger partial charge in [-0.15, -0.1) is 0 Å². The zero-order chi connectivity index (χ0) is 12.7. The van der Waals surface area contributed by atoms with Crippen molar-refractivity contribution in [3.05, 3.63) is 49.3 Å².